The molecule has 0 aliphatic heterocycles. The highest BCUT2D eigenvalue weighted by molar-refractivity contribution is 5.75. The molecule has 1 aliphatic carbocycles. The van der Waals surface area contributed by atoms with Gasteiger partial charge < -0.3 is 15.0 Å². The normalized spacial score (nSPS) is 18.2. The number of nitrogens with zero attached hydrogens (tertiary/aromatic N) is 1. The minimum Gasteiger partial charge on any atom is -0.468 e. The Balaban J connectivity index is 2.34. The molecule has 1 unspecified atom stereocenters. The number of methoxy groups -OCH3 is 1. The third-order valence-corrected chi connectivity index (χ3v) is 3.49. The second kappa shape index (κ2) is 6.97. The number of esters is 1. The molecular weight excluding hydrogens is 216 g/mol. The van der Waals surface area contributed by atoms with Crippen LogP contribution in [0, 0.1) is 0 Å². The molecule has 1 N–H and O–H groups in total. The lowest BCUT2D eigenvalue weighted by Crippen LogP contribution is -2.45. The Morgan fingerprint density at radius 1 is 1.47 bits per heavy atom. The van der Waals surface area contributed by atoms with E-state index in [1.54, 1.807) is 0 Å². The molecule has 1 fully saturated rings. The highest BCUT2D eigenvalue weighted by Gasteiger charge is 2.24. The molecule has 0 aromatic heterocycles. The number of hydrogen-bond donors (Lipinski definition) is 1. The van der Waals surface area contributed by atoms with E-state index < -0.39 is 0 Å². The molecule has 1 rings (SSSR count). The van der Waals surface area contributed by atoms with Crippen molar-refractivity contribution in [3.05, 3.63) is 0 Å². The summed E-state index contributed by atoms with van der Waals surface area (Å²) in [4.78, 5) is 14.0. The Bertz CT molecular complexity index is 240. The summed E-state index contributed by atoms with van der Waals surface area (Å²) in [7, 11) is 3.60. The quantitative estimate of drug-likeness (QED) is 0.685. The van der Waals surface area contributed by atoms with Crippen LogP contribution in [0.25, 0.3) is 0 Å². The van der Waals surface area contributed by atoms with Gasteiger partial charge in [0.25, 0.3) is 0 Å². The maximum atomic E-state index is 11.6. The van der Waals surface area contributed by atoms with E-state index in [1.165, 1.54) is 26.4 Å². The molecule has 0 saturated heterocycles. The van der Waals surface area contributed by atoms with Gasteiger partial charge in [0, 0.05) is 18.6 Å². The van der Waals surface area contributed by atoms with Crippen LogP contribution in [0.15, 0.2) is 0 Å². The molecule has 4 nitrogen and oxygen atoms in total. The number of ether oxygens (including phenoxy) is 1. The summed E-state index contributed by atoms with van der Waals surface area (Å²) in [6.45, 7) is 5.04. The van der Waals surface area contributed by atoms with Crippen molar-refractivity contribution in [3.8, 4) is 0 Å². The molecule has 17 heavy (non-hydrogen) atoms. The summed E-state index contributed by atoms with van der Waals surface area (Å²) >= 11 is 0. The van der Waals surface area contributed by atoms with Gasteiger partial charge in [0.05, 0.1) is 7.11 Å². The molecule has 0 spiro atoms. The van der Waals surface area contributed by atoms with E-state index in [9.17, 15) is 4.79 Å². The lowest BCUT2D eigenvalue weighted by Gasteiger charge is -2.35. The van der Waals surface area contributed by atoms with Crippen LogP contribution in [0.2, 0.25) is 0 Å². The number of rotatable bonds is 7. The van der Waals surface area contributed by atoms with Crippen molar-refractivity contribution >= 4 is 5.97 Å². The van der Waals surface area contributed by atoms with Crippen molar-refractivity contribution in [1.82, 2.24) is 10.2 Å². The molecule has 0 aromatic rings. The predicted octanol–water partition coefficient (Wildman–Crippen LogP) is 1.40. The van der Waals surface area contributed by atoms with E-state index in [2.05, 4.69) is 17.3 Å². The van der Waals surface area contributed by atoms with Gasteiger partial charge in [-0.2, -0.15) is 0 Å². The van der Waals surface area contributed by atoms with Crippen molar-refractivity contribution in [2.45, 2.75) is 57.7 Å². The van der Waals surface area contributed by atoms with Crippen LogP contribution in [-0.2, 0) is 9.53 Å². The number of carbonyl (C=O) groups excluding carboxylic acids is 1. The summed E-state index contributed by atoms with van der Waals surface area (Å²) in [6, 6.07) is 0.850. The summed E-state index contributed by atoms with van der Waals surface area (Å²) in [5.41, 5.74) is 0. The molecule has 0 amide bonds. The number of nitrogens with one attached hydrogen (secondary N) is 1. The first-order chi connectivity index (χ1) is 8.04. The maximum absolute atomic E-state index is 11.6. The zero-order chi connectivity index (χ0) is 12.8. The van der Waals surface area contributed by atoms with Crippen LogP contribution in [0.1, 0.15) is 39.5 Å². The lowest BCUT2D eigenvalue weighted by molar-refractivity contribution is -0.143. The van der Waals surface area contributed by atoms with E-state index in [4.69, 9.17) is 4.74 Å². The monoisotopic (exact) mass is 242 g/mol. The van der Waals surface area contributed by atoms with Gasteiger partial charge in [-0.15, -0.1) is 0 Å². The molecule has 4 heteroatoms. The Labute approximate surface area is 105 Å². The van der Waals surface area contributed by atoms with Crippen LogP contribution in [0.3, 0.4) is 0 Å². The summed E-state index contributed by atoms with van der Waals surface area (Å²) < 4.78 is 4.83. The van der Waals surface area contributed by atoms with E-state index in [0.29, 0.717) is 6.04 Å². The van der Waals surface area contributed by atoms with Crippen molar-refractivity contribution < 1.29 is 9.53 Å². The van der Waals surface area contributed by atoms with Gasteiger partial charge in [-0.25, -0.2) is 0 Å². The zero-order valence-electron chi connectivity index (χ0n) is 11.5. The lowest BCUT2D eigenvalue weighted by atomic mass is 9.91. The van der Waals surface area contributed by atoms with Gasteiger partial charge in [-0.1, -0.05) is 20.3 Å². The van der Waals surface area contributed by atoms with Crippen molar-refractivity contribution in [2.75, 3.05) is 20.7 Å². The fraction of sp³-hybridized carbons (Fsp3) is 0.923. The topological polar surface area (TPSA) is 41.6 Å². The van der Waals surface area contributed by atoms with Crippen LogP contribution in [0.5, 0.6) is 0 Å². The van der Waals surface area contributed by atoms with Crippen molar-refractivity contribution in [1.29, 1.82) is 0 Å². The van der Waals surface area contributed by atoms with E-state index in [0.717, 1.165) is 19.0 Å². The molecule has 1 atom stereocenters. The molecule has 100 valence electrons. The highest BCUT2D eigenvalue weighted by Crippen LogP contribution is 2.23. The smallest absolute Gasteiger partial charge is 0.322 e. The first-order valence-electron chi connectivity index (χ1n) is 6.58. The first kappa shape index (κ1) is 14.5. The average Bonchev–Trinajstić information content (AvgIpc) is 2.20. The van der Waals surface area contributed by atoms with Gasteiger partial charge in [0.1, 0.15) is 6.04 Å². The van der Waals surface area contributed by atoms with Crippen molar-refractivity contribution in [3.63, 3.8) is 0 Å². The molecule has 1 saturated carbocycles. The second-order valence-corrected chi connectivity index (χ2v) is 5.25. The average molecular weight is 242 g/mol. The fourth-order valence-electron chi connectivity index (χ4n) is 2.16. The van der Waals surface area contributed by atoms with Gasteiger partial charge in [0.15, 0.2) is 0 Å². The molecule has 0 radical (unpaired) electrons. The first-order valence-corrected chi connectivity index (χ1v) is 6.58. The minimum absolute atomic E-state index is 0.152. The van der Waals surface area contributed by atoms with Crippen LogP contribution >= 0.6 is 0 Å². The van der Waals surface area contributed by atoms with Gasteiger partial charge in [-0.05, 0) is 26.3 Å². The number of carbonyl (C=O) groups is 1. The van der Waals surface area contributed by atoms with Crippen LogP contribution in [0.4, 0.5) is 0 Å². The standard InChI is InChI=1S/C13H26N2O2/c1-10(2)14-12(13(16)17-4)8-9-15(3)11-6-5-7-11/h10-12,14H,5-9H2,1-4H3. The minimum atomic E-state index is -0.178. The Morgan fingerprint density at radius 2 is 2.12 bits per heavy atom. The maximum Gasteiger partial charge on any atom is 0.322 e. The summed E-state index contributed by atoms with van der Waals surface area (Å²) in [5, 5.41) is 3.26. The van der Waals surface area contributed by atoms with Crippen LogP contribution in [-0.4, -0.2) is 49.7 Å². The fourth-order valence-corrected chi connectivity index (χ4v) is 2.16. The largest absolute Gasteiger partial charge is 0.468 e. The Kier molecular flexibility index (Phi) is 5.92. The zero-order valence-corrected chi connectivity index (χ0v) is 11.5. The molecule has 0 bridgehead atoms. The van der Waals surface area contributed by atoms with E-state index in [1.807, 2.05) is 13.8 Å². The van der Waals surface area contributed by atoms with E-state index in [-0.39, 0.29) is 12.0 Å². The summed E-state index contributed by atoms with van der Waals surface area (Å²) in [5.74, 6) is -0.152. The van der Waals surface area contributed by atoms with E-state index >= 15 is 0 Å². The van der Waals surface area contributed by atoms with Gasteiger partial charge in [-0.3, -0.25) is 4.79 Å². The molecule has 0 aromatic carbocycles. The van der Waals surface area contributed by atoms with Crippen LogP contribution < -0.4 is 5.32 Å². The SMILES string of the molecule is COC(=O)C(CCN(C)C1CCC1)NC(C)C. The predicted molar refractivity (Wildman–Crippen MR) is 69.0 cm³/mol. The van der Waals surface area contributed by atoms with Crippen molar-refractivity contribution in [2.24, 2.45) is 0 Å². The molecular formula is C13H26N2O2. The third kappa shape index (κ3) is 4.64. The van der Waals surface area contributed by atoms with Gasteiger partial charge >= 0.3 is 5.97 Å². The highest BCUT2D eigenvalue weighted by atomic mass is 16.5. The second-order valence-electron chi connectivity index (χ2n) is 5.25. The Hall–Kier alpha value is -0.610. The molecule has 1 aliphatic rings. The Morgan fingerprint density at radius 3 is 2.53 bits per heavy atom. The van der Waals surface area contributed by atoms with Gasteiger partial charge in [0.2, 0.25) is 0 Å². The molecule has 0 heterocycles. The number of hydrogen-bond acceptors (Lipinski definition) is 4. The third-order valence-electron chi connectivity index (χ3n) is 3.49. The summed E-state index contributed by atoms with van der Waals surface area (Å²) in [6.07, 6.45) is 4.77.